The number of hydrogen-bond acceptors (Lipinski definition) is 2. The van der Waals surface area contributed by atoms with Crippen LogP contribution in [0.25, 0.3) is 0 Å². The molecule has 4 heteroatoms. The molecule has 1 aliphatic heterocycles. The van der Waals surface area contributed by atoms with Crippen LogP contribution in [0.2, 0.25) is 5.02 Å². The molecule has 0 aromatic heterocycles. The van der Waals surface area contributed by atoms with E-state index in [1.165, 1.54) is 0 Å². The third-order valence-electron chi connectivity index (χ3n) is 4.69. The van der Waals surface area contributed by atoms with Crippen LogP contribution in [0.5, 0.6) is 0 Å². The molecular formula is C15H17ClO3. The van der Waals surface area contributed by atoms with Gasteiger partial charge in [-0.3, -0.25) is 4.79 Å². The smallest absolute Gasteiger partial charge is 0.307 e. The van der Waals surface area contributed by atoms with Gasteiger partial charge in [0, 0.05) is 23.7 Å². The van der Waals surface area contributed by atoms with Crippen LogP contribution < -0.4 is 0 Å². The van der Waals surface area contributed by atoms with Crippen LogP contribution in [0.4, 0.5) is 0 Å². The molecule has 1 saturated heterocycles. The van der Waals surface area contributed by atoms with Gasteiger partial charge in [-0.25, -0.2) is 0 Å². The minimum absolute atomic E-state index is 0.289. The quantitative estimate of drug-likeness (QED) is 0.860. The highest BCUT2D eigenvalue weighted by Gasteiger charge is 2.48. The minimum Gasteiger partial charge on any atom is -0.481 e. The number of aliphatic carboxylic acids is 1. The normalized spacial score (nSPS) is 25.0. The highest BCUT2D eigenvalue weighted by atomic mass is 35.5. The lowest BCUT2D eigenvalue weighted by Crippen LogP contribution is -2.47. The Morgan fingerprint density at radius 1 is 1.37 bits per heavy atom. The maximum atomic E-state index is 11.6. The summed E-state index contributed by atoms with van der Waals surface area (Å²) in [5, 5.41) is 10.3. The van der Waals surface area contributed by atoms with E-state index in [0.29, 0.717) is 19.6 Å². The van der Waals surface area contributed by atoms with Gasteiger partial charge in [-0.2, -0.15) is 0 Å². The molecule has 2 aliphatic rings. The first-order chi connectivity index (χ1) is 9.15. The third kappa shape index (κ3) is 1.96. The Kier molecular flexibility index (Phi) is 3.27. The van der Waals surface area contributed by atoms with Gasteiger partial charge in [0.1, 0.15) is 0 Å². The topological polar surface area (TPSA) is 46.5 Å². The van der Waals surface area contributed by atoms with E-state index in [1.54, 1.807) is 0 Å². The molecule has 1 aromatic carbocycles. The van der Waals surface area contributed by atoms with E-state index in [-0.39, 0.29) is 11.3 Å². The summed E-state index contributed by atoms with van der Waals surface area (Å²) in [6.45, 7) is 1.27. The van der Waals surface area contributed by atoms with E-state index in [9.17, 15) is 9.90 Å². The molecule has 1 aromatic rings. The van der Waals surface area contributed by atoms with Gasteiger partial charge < -0.3 is 9.84 Å². The summed E-state index contributed by atoms with van der Waals surface area (Å²) >= 11 is 6.29. The average Bonchev–Trinajstić information content (AvgIpc) is 2.41. The van der Waals surface area contributed by atoms with Crippen LogP contribution in [0.15, 0.2) is 18.2 Å². The number of ether oxygens (including phenoxy) is 1. The van der Waals surface area contributed by atoms with Crippen LogP contribution >= 0.6 is 11.6 Å². The van der Waals surface area contributed by atoms with Crippen LogP contribution in [0.3, 0.4) is 0 Å². The molecule has 19 heavy (non-hydrogen) atoms. The van der Waals surface area contributed by atoms with E-state index in [2.05, 4.69) is 6.07 Å². The standard InChI is InChI=1S/C15H17ClO3/c16-13-3-1-2-11-10(13)4-5-12(14(17)18)15(11)6-8-19-9-7-15/h1-3,12H,4-9H2,(H,17,18). The molecule has 102 valence electrons. The number of rotatable bonds is 1. The second-order valence-corrected chi connectivity index (χ2v) is 5.87. The zero-order valence-electron chi connectivity index (χ0n) is 10.7. The Balaban J connectivity index is 2.15. The number of carboxylic acids is 1. The van der Waals surface area contributed by atoms with Crippen molar-refractivity contribution >= 4 is 17.6 Å². The van der Waals surface area contributed by atoms with Crippen molar-refractivity contribution in [3.05, 3.63) is 34.3 Å². The van der Waals surface area contributed by atoms with E-state index in [4.69, 9.17) is 16.3 Å². The highest BCUT2D eigenvalue weighted by molar-refractivity contribution is 6.31. The summed E-state index contributed by atoms with van der Waals surface area (Å²) in [6.07, 6.45) is 2.98. The Bertz CT molecular complexity index is 506. The monoisotopic (exact) mass is 280 g/mol. The Hall–Kier alpha value is -1.06. The fourth-order valence-corrected chi connectivity index (χ4v) is 4.01. The Morgan fingerprint density at radius 2 is 2.11 bits per heavy atom. The van der Waals surface area contributed by atoms with Crippen LogP contribution in [-0.2, 0) is 21.4 Å². The van der Waals surface area contributed by atoms with Gasteiger partial charge in [-0.05, 0) is 42.9 Å². The van der Waals surface area contributed by atoms with Gasteiger partial charge >= 0.3 is 5.97 Å². The molecular weight excluding hydrogens is 264 g/mol. The lowest BCUT2D eigenvalue weighted by atomic mass is 9.59. The average molecular weight is 281 g/mol. The zero-order valence-corrected chi connectivity index (χ0v) is 11.4. The van der Waals surface area contributed by atoms with Crippen molar-refractivity contribution in [2.75, 3.05) is 13.2 Å². The minimum atomic E-state index is -0.687. The number of benzene rings is 1. The summed E-state index contributed by atoms with van der Waals surface area (Å²) in [6, 6.07) is 5.89. The number of hydrogen-bond donors (Lipinski definition) is 1. The van der Waals surface area contributed by atoms with E-state index in [1.807, 2.05) is 12.1 Å². The summed E-state index contributed by atoms with van der Waals surface area (Å²) < 4.78 is 5.44. The largest absolute Gasteiger partial charge is 0.481 e. The molecule has 1 fully saturated rings. The lowest BCUT2D eigenvalue weighted by molar-refractivity contribution is -0.147. The third-order valence-corrected chi connectivity index (χ3v) is 5.04. The summed E-state index contributed by atoms with van der Waals surface area (Å²) in [7, 11) is 0. The molecule has 1 aliphatic carbocycles. The predicted octanol–water partition coefficient (Wildman–Crippen LogP) is 3.04. The first-order valence-electron chi connectivity index (χ1n) is 6.73. The van der Waals surface area contributed by atoms with Crippen LogP contribution in [0.1, 0.15) is 30.4 Å². The van der Waals surface area contributed by atoms with Crippen molar-refractivity contribution in [2.24, 2.45) is 5.92 Å². The maximum Gasteiger partial charge on any atom is 0.307 e. The highest BCUT2D eigenvalue weighted by Crippen LogP contribution is 2.49. The second-order valence-electron chi connectivity index (χ2n) is 5.46. The fraction of sp³-hybridized carbons (Fsp3) is 0.533. The molecule has 1 N–H and O–H groups in total. The van der Waals surface area contributed by atoms with Crippen molar-refractivity contribution in [3.8, 4) is 0 Å². The van der Waals surface area contributed by atoms with Crippen LogP contribution in [-0.4, -0.2) is 24.3 Å². The van der Waals surface area contributed by atoms with Crippen molar-refractivity contribution in [3.63, 3.8) is 0 Å². The summed E-state index contributed by atoms with van der Waals surface area (Å²) in [4.78, 5) is 11.6. The molecule has 1 spiro atoms. The lowest BCUT2D eigenvalue weighted by Gasteiger charge is -2.46. The first-order valence-corrected chi connectivity index (χ1v) is 7.11. The van der Waals surface area contributed by atoms with Crippen molar-refractivity contribution in [1.29, 1.82) is 0 Å². The predicted molar refractivity (Wildman–Crippen MR) is 72.6 cm³/mol. The SMILES string of the molecule is O=C(O)C1CCc2c(Cl)cccc2C12CCOCC2. The van der Waals surface area contributed by atoms with Crippen molar-refractivity contribution in [2.45, 2.75) is 31.1 Å². The molecule has 3 rings (SSSR count). The fourth-order valence-electron chi connectivity index (χ4n) is 3.75. The van der Waals surface area contributed by atoms with Crippen molar-refractivity contribution < 1.29 is 14.6 Å². The van der Waals surface area contributed by atoms with Crippen LogP contribution in [0, 0.1) is 5.92 Å². The Morgan fingerprint density at radius 3 is 2.79 bits per heavy atom. The van der Waals surface area contributed by atoms with Gasteiger partial charge in [0.2, 0.25) is 0 Å². The van der Waals surface area contributed by atoms with Crippen molar-refractivity contribution in [1.82, 2.24) is 0 Å². The summed E-state index contributed by atoms with van der Waals surface area (Å²) in [5.41, 5.74) is 1.99. The molecule has 1 atom stereocenters. The van der Waals surface area contributed by atoms with E-state index >= 15 is 0 Å². The molecule has 0 saturated carbocycles. The maximum absolute atomic E-state index is 11.6. The number of fused-ring (bicyclic) bond motifs is 2. The molecule has 3 nitrogen and oxygen atoms in total. The molecule has 0 amide bonds. The molecule has 1 heterocycles. The van der Waals surface area contributed by atoms with E-state index < -0.39 is 5.97 Å². The van der Waals surface area contributed by atoms with Gasteiger partial charge in [0.05, 0.1) is 5.92 Å². The van der Waals surface area contributed by atoms with Gasteiger partial charge in [0.15, 0.2) is 0 Å². The zero-order chi connectivity index (χ0) is 13.5. The Labute approximate surface area is 117 Å². The number of carboxylic acid groups (broad SMARTS) is 1. The summed E-state index contributed by atoms with van der Waals surface area (Å²) in [5.74, 6) is -1.00. The molecule has 0 radical (unpaired) electrons. The van der Waals surface area contributed by atoms with Gasteiger partial charge in [-0.15, -0.1) is 0 Å². The first kappa shape index (κ1) is 12.9. The van der Waals surface area contributed by atoms with Gasteiger partial charge in [0.25, 0.3) is 0 Å². The van der Waals surface area contributed by atoms with Gasteiger partial charge in [-0.1, -0.05) is 23.7 Å². The molecule has 1 unspecified atom stereocenters. The molecule has 0 bridgehead atoms. The van der Waals surface area contributed by atoms with E-state index in [0.717, 1.165) is 35.4 Å². The number of halogens is 1. The second kappa shape index (κ2) is 4.80. The number of carbonyl (C=O) groups is 1.